The fourth-order valence-electron chi connectivity index (χ4n) is 7.31. The molecule has 0 fully saturated rings. The summed E-state index contributed by atoms with van der Waals surface area (Å²) in [6, 6.07) is 18.8. The van der Waals surface area contributed by atoms with Crippen LogP contribution in [0, 0.1) is 0 Å². The van der Waals surface area contributed by atoms with Gasteiger partial charge in [0.25, 0.3) is 0 Å². The van der Waals surface area contributed by atoms with Gasteiger partial charge in [-0.1, -0.05) is 53.7 Å². The van der Waals surface area contributed by atoms with Gasteiger partial charge in [0, 0.05) is 11.1 Å². The number of nitrogens with two attached hydrogens (primary N) is 2. The highest BCUT2D eigenvalue weighted by Crippen LogP contribution is 2.49. The Labute approximate surface area is 351 Å². The minimum Gasteiger partial charge on any atom is -0.505 e. The number of aromatic nitrogens is 5. The molecule has 0 radical (unpaired) electrons. The summed E-state index contributed by atoms with van der Waals surface area (Å²) in [5.41, 5.74) is 18.5. The average molecular weight is 812 g/mol. The summed E-state index contributed by atoms with van der Waals surface area (Å²) in [5.74, 6) is 0.550. The van der Waals surface area contributed by atoms with Crippen LogP contribution in [0.1, 0.15) is 107 Å². The van der Waals surface area contributed by atoms with Crippen LogP contribution in [0.4, 0.5) is 34.6 Å². The van der Waals surface area contributed by atoms with E-state index in [1.54, 1.807) is 34.1 Å². The van der Waals surface area contributed by atoms with Crippen LogP contribution in [0.2, 0.25) is 0 Å². The number of fused-ring (bicyclic) bond motifs is 2. The zero-order valence-electron chi connectivity index (χ0n) is 36.8. The molecule has 0 saturated heterocycles. The van der Waals surface area contributed by atoms with Gasteiger partial charge in [0.15, 0.2) is 22.7 Å². The number of nitrogen functional groups attached to an aromatic ring is 2. The van der Waals surface area contributed by atoms with Gasteiger partial charge in [-0.2, -0.15) is 4.98 Å². The van der Waals surface area contributed by atoms with Crippen LogP contribution in [-0.4, -0.2) is 46.2 Å². The van der Waals surface area contributed by atoms with E-state index in [4.69, 9.17) is 35.3 Å². The summed E-state index contributed by atoms with van der Waals surface area (Å²) >= 11 is 0. The molecule has 3 heterocycles. The molecule has 3 aromatic heterocycles. The molecule has 0 spiro atoms. The van der Waals surface area contributed by atoms with E-state index >= 15 is 0 Å². The van der Waals surface area contributed by atoms with Crippen molar-refractivity contribution in [1.82, 2.24) is 24.9 Å². The molecule has 0 atom stereocenters. The second-order valence-electron chi connectivity index (χ2n) is 18.8. The molecule has 0 amide bonds. The summed E-state index contributed by atoms with van der Waals surface area (Å²) < 4.78 is 12.4. The lowest BCUT2D eigenvalue weighted by molar-refractivity contribution is 0.463. The van der Waals surface area contributed by atoms with Gasteiger partial charge in [-0.3, -0.25) is 9.80 Å². The smallest absolute Gasteiger partial charge is 0.235 e. The molecule has 13 nitrogen and oxygen atoms in total. The molecule has 4 aromatic carbocycles. The van der Waals surface area contributed by atoms with Gasteiger partial charge in [0.2, 0.25) is 23.7 Å². The van der Waals surface area contributed by atoms with E-state index in [-0.39, 0.29) is 68.8 Å². The average Bonchev–Trinajstić information content (AvgIpc) is 3.81. The highest BCUT2D eigenvalue weighted by molar-refractivity contribution is 5.90. The van der Waals surface area contributed by atoms with Crippen LogP contribution in [0.15, 0.2) is 75.8 Å². The molecule has 314 valence electrons. The summed E-state index contributed by atoms with van der Waals surface area (Å²) in [5, 5.41) is 24.2. The van der Waals surface area contributed by atoms with Gasteiger partial charge in [0.1, 0.15) is 28.7 Å². The maximum Gasteiger partial charge on any atom is 0.235 e. The lowest BCUT2D eigenvalue weighted by Gasteiger charge is -2.39. The highest BCUT2D eigenvalue weighted by atomic mass is 16.4. The van der Waals surface area contributed by atoms with Crippen LogP contribution >= 0.6 is 0 Å². The van der Waals surface area contributed by atoms with Crippen molar-refractivity contribution in [1.29, 1.82) is 0 Å². The van der Waals surface area contributed by atoms with Gasteiger partial charge in [0.05, 0.1) is 22.5 Å². The van der Waals surface area contributed by atoms with E-state index < -0.39 is 11.1 Å². The molecule has 7 aromatic rings. The van der Waals surface area contributed by atoms with Crippen molar-refractivity contribution in [2.24, 2.45) is 0 Å². The molecule has 0 aliphatic carbocycles. The van der Waals surface area contributed by atoms with E-state index in [2.05, 4.69) is 63.6 Å². The van der Waals surface area contributed by atoms with Crippen molar-refractivity contribution in [3.05, 3.63) is 78.1 Å². The SMILES string of the molecule is CCC(C)(C)c1ccc2oc(-c3ccc(N)c(N(c4ncnc(N(c5c(N)ccc(-c6nc7cc(C(C)(C)CC)ccc7o6)c5O)C(C)(C)C)n4)C(C)(C)C)c3O)nc2c1. The number of nitrogens with zero attached hydrogens (tertiary/aromatic N) is 7. The summed E-state index contributed by atoms with van der Waals surface area (Å²) in [4.78, 5) is 27.4. The first-order chi connectivity index (χ1) is 28.1. The van der Waals surface area contributed by atoms with Crippen molar-refractivity contribution in [2.75, 3.05) is 21.3 Å². The molecule has 0 aliphatic rings. The topological polar surface area (TPSA) is 190 Å². The minimum atomic E-state index is -0.738. The van der Waals surface area contributed by atoms with Crippen LogP contribution < -0.4 is 21.3 Å². The van der Waals surface area contributed by atoms with E-state index in [9.17, 15) is 10.2 Å². The Morgan fingerprint density at radius 3 is 1.28 bits per heavy atom. The molecule has 6 N–H and O–H groups in total. The Morgan fingerprint density at radius 2 is 0.933 bits per heavy atom. The second kappa shape index (κ2) is 14.7. The van der Waals surface area contributed by atoms with E-state index in [0.29, 0.717) is 33.3 Å². The number of hydrogen-bond acceptors (Lipinski definition) is 13. The van der Waals surface area contributed by atoms with Gasteiger partial charge >= 0.3 is 0 Å². The van der Waals surface area contributed by atoms with Gasteiger partial charge in [-0.15, -0.1) is 0 Å². The van der Waals surface area contributed by atoms with Crippen molar-refractivity contribution in [3.63, 3.8) is 0 Å². The Morgan fingerprint density at radius 1 is 0.550 bits per heavy atom. The Hall–Kier alpha value is -6.37. The molecule has 0 aliphatic heterocycles. The first-order valence-electron chi connectivity index (χ1n) is 20.4. The summed E-state index contributed by atoms with van der Waals surface area (Å²) in [6.45, 7) is 24.8. The zero-order chi connectivity index (χ0) is 43.7. The molecule has 0 unspecified atom stereocenters. The third-order valence-electron chi connectivity index (χ3n) is 11.7. The summed E-state index contributed by atoms with van der Waals surface area (Å²) in [7, 11) is 0. The van der Waals surface area contributed by atoms with E-state index in [1.165, 1.54) is 6.33 Å². The molecular weight excluding hydrogens is 755 g/mol. The molecular formula is C47H57N9O4. The molecule has 7 rings (SSSR count). The predicted molar refractivity (Wildman–Crippen MR) is 241 cm³/mol. The van der Waals surface area contributed by atoms with Crippen molar-refractivity contribution >= 4 is 56.8 Å². The maximum atomic E-state index is 12.1. The molecule has 0 saturated carbocycles. The van der Waals surface area contributed by atoms with Gasteiger partial charge < -0.3 is 30.5 Å². The van der Waals surface area contributed by atoms with Crippen molar-refractivity contribution < 1.29 is 19.0 Å². The molecule has 13 heteroatoms. The number of phenolic OH excluding ortho intramolecular Hbond substituents is 2. The highest BCUT2D eigenvalue weighted by Gasteiger charge is 2.36. The van der Waals surface area contributed by atoms with Gasteiger partial charge in [-0.05, 0) is 125 Å². The third-order valence-corrected chi connectivity index (χ3v) is 11.7. The van der Waals surface area contributed by atoms with E-state index in [0.717, 1.165) is 24.0 Å². The Balaban J connectivity index is 1.33. The largest absolute Gasteiger partial charge is 0.505 e. The minimum absolute atomic E-state index is 0.0432. The van der Waals surface area contributed by atoms with Crippen LogP contribution in [-0.2, 0) is 10.8 Å². The second-order valence-corrected chi connectivity index (χ2v) is 18.8. The van der Waals surface area contributed by atoms with Gasteiger partial charge in [-0.25, -0.2) is 19.9 Å². The fourth-order valence-corrected chi connectivity index (χ4v) is 7.31. The number of rotatable bonds is 10. The lowest BCUT2D eigenvalue weighted by atomic mass is 9.82. The normalized spacial score (nSPS) is 12.7. The third kappa shape index (κ3) is 7.41. The van der Waals surface area contributed by atoms with E-state index in [1.807, 2.05) is 65.8 Å². The van der Waals surface area contributed by atoms with Crippen LogP contribution in [0.3, 0.4) is 0 Å². The van der Waals surface area contributed by atoms with Crippen LogP contribution in [0.5, 0.6) is 11.5 Å². The number of hydrogen-bond donors (Lipinski definition) is 4. The first-order valence-corrected chi connectivity index (χ1v) is 20.4. The number of aromatic hydroxyl groups is 2. The predicted octanol–water partition coefficient (Wildman–Crippen LogP) is 11.3. The number of anilines is 6. The maximum absolute atomic E-state index is 12.1. The molecule has 60 heavy (non-hydrogen) atoms. The number of phenols is 2. The van der Waals surface area contributed by atoms with Crippen LogP contribution in [0.25, 0.3) is 45.1 Å². The quantitative estimate of drug-likeness (QED) is 0.0955. The monoisotopic (exact) mass is 811 g/mol. The lowest BCUT2D eigenvalue weighted by Crippen LogP contribution is -2.41. The summed E-state index contributed by atoms with van der Waals surface area (Å²) in [6.07, 6.45) is 3.30. The Bertz CT molecular complexity index is 2550. The number of oxazole rings is 2. The molecule has 0 bridgehead atoms. The first kappa shape index (κ1) is 41.8. The van der Waals surface area contributed by atoms with Crippen molar-refractivity contribution in [3.8, 4) is 34.4 Å². The number of benzene rings is 4. The Kier molecular flexibility index (Phi) is 10.2. The van der Waals surface area contributed by atoms with Crippen molar-refractivity contribution in [2.45, 2.75) is 118 Å². The fraction of sp³-hybridized carbons (Fsp3) is 0.383. The zero-order valence-corrected chi connectivity index (χ0v) is 36.8. The standard InChI is InChI=1S/C47H57N9O4/c1-13-46(9,10)26-15-21-34-32(23-26)52-40(59-34)28-17-19-30(48)36(38(28)57)55(44(3,4)5)42-50-25-51-43(54-42)56(45(6,7)8)37-31(49)20-18-29(39(37)58)41-53-33-24-27(47(11,12)14-2)16-22-35(33)60-41/h15-25,57-58H,13-14,48-49H2,1-12H3.